The third-order valence-electron chi connectivity index (χ3n) is 3.08. The maximum Gasteiger partial charge on any atom is 0.237 e. The minimum atomic E-state index is -0.492. The van der Waals surface area contributed by atoms with Gasteiger partial charge in [-0.05, 0) is 36.2 Å². The van der Waals surface area contributed by atoms with Gasteiger partial charge in [0.25, 0.3) is 0 Å². The van der Waals surface area contributed by atoms with Gasteiger partial charge in [0.05, 0.1) is 6.04 Å². The van der Waals surface area contributed by atoms with Gasteiger partial charge < -0.3 is 15.8 Å². The Hall–Kier alpha value is -1.89. The van der Waals surface area contributed by atoms with Crippen LogP contribution in [-0.2, 0) is 11.3 Å². The number of carbonyl (C=O) groups excluding carboxylic acids is 1. The number of ether oxygens (including phenoxy) is 1. The summed E-state index contributed by atoms with van der Waals surface area (Å²) in [6, 6.07) is 8.67. The molecular weight excluding hydrogens is 356 g/mol. The van der Waals surface area contributed by atoms with Crippen LogP contribution in [0.2, 0.25) is 0 Å². The largest absolute Gasteiger partial charge is 0.439 e. The second kappa shape index (κ2) is 10.8. The number of carbonyl (C=O) groups is 1. The molecule has 1 aromatic carbocycles. The number of halogens is 3. The van der Waals surface area contributed by atoms with Crippen molar-refractivity contribution >= 4 is 30.7 Å². The van der Waals surface area contributed by atoms with E-state index in [-0.39, 0.29) is 36.5 Å². The Labute approximate surface area is 152 Å². The van der Waals surface area contributed by atoms with Gasteiger partial charge >= 0.3 is 0 Å². The lowest BCUT2D eigenvalue weighted by Gasteiger charge is -2.10. The molecule has 1 aromatic heterocycles. The van der Waals surface area contributed by atoms with E-state index in [9.17, 15) is 9.18 Å². The second-order valence-corrected chi connectivity index (χ2v) is 4.79. The zero-order chi connectivity index (χ0) is 15.9. The number of nitrogens with two attached hydrogens (primary N) is 1. The first kappa shape index (κ1) is 22.1. The van der Waals surface area contributed by atoms with E-state index in [1.54, 1.807) is 18.3 Å². The fraction of sp³-hybridized carbons (Fsp3) is 0.250. The number of rotatable bonds is 6. The maximum atomic E-state index is 12.8. The number of pyridine rings is 1. The molecule has 0 spiro atoms. The molecule has 0 bridgehead atoms. The van der Waals surface area contributed by atoms with Crippen LogP contribution in [0.1, 0.15) is 18.9 Å². The van der Waals surface area contributed by atoms with Gasteiger partial charge in [-0.3, -0.25) is 4.79 Å². The highest BCUT2D eigenvalue weighted by Gasteiger charge is 2.10. The smallest absolute Gasteiger partial charge is 0.237 e. The molecule has 0 unspecified atom stereocenters. The van der Waals surface area contributed by atoms with Gasteiger partial charge in [0.15, 0.2) is 0 Å². The summed E-state index contributed by atoms with van der Waals surface area (Å²) in [6.45, 7) is 2.21. The minimum absolute atomic E-state index is 0. The summed E-state index contributed by atoms with van der Waals surface area (Å²) in [7, 11) is 0. The molecule has 0 saturated carbocycles. The molecule has 0 aliphatic rings. The molecule has 132 valence electrons. The predicted octanol–water partition coefficient (Wildman–Crippen LogP) is 3.21. The summed E-state index contributed by atoms with van der Waals surface area (Å²) in [5.41, 5.74) is 6.46. The summed E-state index contributed by atoms with van der Waals surface area (Å²) in [6.07, 6.45) is 2.20. The minimum Gasteiger partial charge on any atom is -0.439 e. The van der Waals surface area contributed by atoms with E-state index in [0.717, 1.165) is 5.56 Å². The normalized spacial score (nSPS) is 10.8. The van der Waals surface area contributed by atoms with Gasteiger partial charge in [0.2, 0.25) is 11.8 Å². The van der Waals surface area contributed by atoms with Gasteiger partial charge in [-0.2, -0.15) is 0 Å². The molecule has 3 N–H and O–H groups in total. The summed E-state index contributed by atoms with van der Waals surface area (Å²) in [5.74, 6) is 0.390. The van der Waals surface area contributed by atoms with E-state index in [2.05, 4.69) is 10.3 Å². The molecule has 5 nitrogen and oxygen atoms in total. The van der Waals surface area contributed by atoms with Gasteiger partial charge in [-0.1, -0.05) is 13.0 Å². The summed E-state index contributed by atoms with van der Waals surface area (Å²) >= 11 is 0. The number of amides is 1. The van der Waals surface area contributed by atoms with Crippen molar-refractivity contribution in [2.75, 3.05) is 0 Å². The lowest BCUT2D eigenvalue weighted by molar-refractivity contribution is -0.122. The molecule has 0 saturated heterocycles. The van der Waals surface area contributed by atoms with E-state index in [1.165, 1.54) is 24.3 Å². The van der Waals surface area contributed by atoms with Crippen molar-refractivity contribution in [1.29, 1.82) is 0 Å². The van der Waals surface area contributed by atoms with Crippen molar-refractivity contribution in [1.82, 2.24) is 10.3 Å². The highest BCUT2D eigenvalue weighted by atomic mass is 35.5. The van der Waals surface area contributed by atoms with E-state index in [4.69, 9.17) is 10.5 Å². The molecular formula is C16H20Cl2FN3O2. The molecule has 0 fully saturated rings. The molecule has 2 rings (SSSR count). The van der Waals surface area contributed by atoms with Crippen LogP contribution < -0.4 is 15.8 Å². The van der Waals surface area contributed by atoms with E-state index < -0.39 is 6.04 Å². The third kappa shape index (κ3) is 6.70. The highest BCUT2D eigenvalue weighted by molar-refractivity contribution is 5.85. The topological polar surface area (TPSA) is 77.2 Å². The summed E-state index contributed by atoms with van der Waals surface area (Å²) < 4.78 is 18.3. The Morgan fingerprint density at radius 3 is 2.46 bits per heavy atom. The molecule has 1 atom stereocenters. The lowest BCUT2D eigenvalue weighted by atomic mass is 10.2. The summed E-state index contributed by atoms with van der Waals surface area (Å²) in [5, 5.41) is 2.74. The van der Waals surface area contributed by atoms with Crippen LogP contribution in [0.3, 0.4) is 0 Å². The molecule has 24 heavy (non-hydrogen) atoms. The lowest BCUT2D eigenvalue weighted by Crippen LogP contribution is -2.39. The Bertz CT molecular complexity index is 624. The molecule has 1 heterocycles. The maximum absolute atomic E-state index is 12.8. The van der Waals surface area contributed by atoms with Crippen LogP contribution in [0.5, 0.6) is 11.6 Å². The monoisotopic (exact) mass is 375 g/mol. The van der Waals surface area contributed by atoms with Crippen molar-refractivity contribution in [3.63, 3.8) is 0 Å². The Balaban J connectivity index is 0.00000264. The zero-order valence-electron chi connectivity index (χ0n) is 13.1. The number of nitrogens with one attached hydrogen (secondary N) is 1. The van der Waals surface area contributed by atoms with Crippen LogP contribution in [0.4, 0.5) is 4.39 Å². The zero-order valence-corrected chi connectivity index (χ0v) is 14.7. The average molecular weight is 376 g/mol. The van der Waals surface area contributed by atoms with Gasteiger partial charge in [0, 0.05) is 18.8 Å². The molecule has 0 radical (unpaired) electrons. The predicted molar refractivity (Wildman–Crippen MR) is 95.3 cm³/mol. The van der Waals surface area contributed by atoms with E-state index in [0.29, 0.717) is 24.6 Å². The van der Waals surface area contributed by atoms with Gasteiger partial charge in [-0.25, -0.2) is 9.37 Å². The molecule has 1 amide bonds. The molecule has 8 heteroatoms. The Kier molecular flexibility index (Phi) is 9.95. The van der Waals surface area contributed by atoms with E-state index >= 15 is 0 Å². The number of hydrogen-bond donors (Lipinski definition) is 2. The molecule has 0 aliphatic heterocycles. The standard InChI is InChI=1S/C16H18FN3O2.2ClH/c1-2-14(18)16(21)20-10-11-3-8-15(19-9-11)22-13-6-4-12(17)5-7-13;;/h3-9,14H,2,10,18H2,1H3,(H,20,21);2*1H/t14-;;/m0../s1. The fourth-order valence-corrected chi connectivity index (χ4v) is 1.70. The quantitative estimate of drug-likeness (QED) is 0.812. The van der Waals surface area contributed by atoms with Crippen molar-refractivity contribution in [2.45, 2.75) is 25.9 Å². The van der Waals surface area contributed by atoms with Crippen molar-refractivity contribution in [3.8, 4) is 11.6 Å². The van der Waals surface area contributed by atoms with Gasteiger partial charge in [0.1, 0.15) is 11.6 Å². The molecule has 2 aromatic rings. The van der Waals surface area contributed by atoms with Crippen molar-refractivity contribution in [3.05, 3.63) is 54.0 Å². The van der Waals surface area contributed by atoms with Crippen molar-refractivity contribution < 1.29 is 13.9 Å². The van der Waals surface area contributed by atoms with Crippen LogP contribution in [0.25, 0.3) is 0 Å². The van der Waals surface area contributed by atoms with E-state index in [1.807, 2.05) is 6.92 Å². The number of nitrogens with zero attached hydrogens (tertiary/aromatic N) is 1. The van der Waals surface area contributed by atoms with Crippen LogP contribution >= 0.6 is 24.8 Å². The average Bonchev–Trinajstić information content (AvgIpc) is 2.55. The number of aromatic nitrogens is 1. The molecule has 0 aliphatic carbocycles. The fourth-order valence-electron chi connectivity index (χ4n) is 1.70. The third-order valence-corrected chi connectivity index (χ3v) is 3.08. The van der Waals surface area contributed by atoms with Crippen LogP contribution in [0.15, 0.2) is 42.6 Å². The second-order valence-electron chi connectivity index (χ2n) is 4.79. The van der Waals surface area contributed by atoms with Crippen molar-refractivity contribution in [2.24, 2.45) is 5.73 Å². The highest BCUT2D eigenvalue weighted by Crippen LogP contribution is 2.19. The Morgan fingerprint density at radius 1 is 1.25 bits per heavy atom. The first-order valence-corrected chi connectivity index (χ1v) is 7.00. The van der Waals surface area contributed by atoms with Gasteiger partial charge in [-0.15, -0.1) is 24.8 Å². The Morgan fingerprint density at radius 2 is 1.92 bits per heavy atom. The SMILES string of the molecule is CC[C@H](N)C(=O)NCc1ccc(Oc2ccc(F)cc2)nc1.Cl.Cl. The first-order chi connectivity index (χ1) is 10.6. The van der Waals surface area contributed by atoms with Crippen LogP contribution in [-0.4, -0.2) is 16.9 Å². The number of hydrogen-bond acceptors (Lipinski definition) is 4. The first-order valence-electron chi connectivity index (χ1n) is 7.00. The number of benzene rings is 1. The summed E-state index contributed by atoms with van der Waals surface area (Å²) in [4.78, 5) is 15.7. The van der Waals surface area contributed by atoms with Crippen LogP contribution in [0, 0.1) is 5.82 Å².